The van der Waals surface area contributed by atoms with Crippen molar-refractivity contribution >= 4 is 10.0 Å². The van der Waals surface area contributed by atoms with Crippen LogP contribution in [0, 0.1) is 24.6 Å². The van der Waals surface area contributed by atoms with E-state index in [9.17, 15) is 12.8 Å². The first-order chi connectivity index (χ1) is 9.69. The van der Waals surface area contributed by atoms with E-state index in [2.05, 4.69) is 10.0 Å². The van der Waals surface area contributed by atoms with E-state index in [0.717, 1.165) is 0 Å². The Morgan fingerprint density at radius 1 is 1.24 bits per heavy atom. The van der Waals surface area contributed by atoms with Crippen LogP contribution in [-0.4, -0.2) is 22.0 Å². The number of hydrogen-bond donors (Lipinski definition) is 2. The largest absolute Gasteiger partial charge is 0.316 e. The van der Waals surface area contributed by atoms with E-state index in [1.165, 1.54) is 19.1 Å². The van der Waals surface area contributed by atoms with E-state index in [0.29, 0.717) is 24.6 Å². The first-order valence-corrected chi connectivity index (χ1v) is 8.60. The molecule has 0 saturated carbocycles. The molecule has 0 fully saturated rings. The SMILES string of the molecule is CNCc1cc(F)c(C)c(S(=O)(=O)NCC(C)C(C)C)c1. The monoisotopic (exact) mass is 316 g/mol. The van der Waals surface area contributed by atoms with Crippen LogP contribution in [0.25, 0.3) is 0 Å². The normalized spacial score (nSPS) is 13.7. The van der Waals surface area contributed by atoms with Crippen molar-refractivity contribution in [1.82, 2.24) is 10.0 Å². The molecule has 0 aliphatic carbocycles. The molecule has 0 amide bonds. The van der Waals surface area contributed by atoms with Gasteiger partial charge in [0.1, 0.15) is 5.82 Å². The van der Waals surface area contributed by atoms with Crippen molar-refractivity contribution in [3.63, 3.8) is 0 Å². The first kappa shape index (κ1) is 18.1. The zero-order valence-electron chi connectivity index (χ0n) is 13.3. The van der Waals surface area contributed by atoms with Crippen LogP contribution in [0.5, 0.6) is 0 Å². The second-order valence-electron chi connectivity index (χ2n) is 5.80. The topological polar surface area (TPSA) is 58.2 Å². The number of nitrogens with one attached hydrogen (secondary N) is 2. The fourth-order valence-corrected chi connectivity index (χ4v) is 3.29. The summed E-state index contributed by atoms with van der Waals surface area (Å²) in [5.74, 6) is 0.0895. The Kier molecular flexibility index (Phi) is 6.31. The van der Waals surface area contributed by atoms with Crippen molar-refractivity contribution < 1.29 is 12.8 Å². The standard InChI is InChI=1S/C15H25FN2O2S/c1-10(2)11(3)8-18-21(19,20)15-7-13(9-17-5)6-14(16)12(15)4/h6-7,10-11,17-18H,8-9H2,1-5H3. The fourth-order valence-electron chi connectivity index (χ4n) is 1.85. The summed E-state index contributed by atoms with van der Waals surface area (Å²) in [6.45, 7) is 8.31. The minimum atomic E-state index is -3.70. The van der Waals surface area contributed by atoms with Gasteiger partial charge in [-0.2, -0.15) is 0 Å². The molecule has 1 atom stereocenters. The summed E-state index contributed by atoms with van der Waals surface area (Å²) >= 11 is 0. The molecule has 6 heteroatoms. The molecule has 120 valence electrons. The fraction of sp³-hybridized carbons (Fsp3) is 0.600. The molecule has 0 saturated heterocycles. The molecule has 0 bridgehead atoms. The summed E-state index contributed by atoms with van der Waals surface area (Å²) in [5, 5.41) is 2.89. The Balaban J connectivity index is 3.07. The summed E-state index contributed by atoms with van der Waals surface area (Å²) in [4.78, 5) is 0.0173. The molecule has 0 spiro atoms. The van der Waals surface area contributed by atoms with Gasteiger partial charge < -0.3 is 5.32 Å². The van der Waals surface area contributed by atoms with Crippen LogP contribution in [0.2, 0.25) is 0 Å². The second kappa shape index (κ2) is 7.33. The minimum absolute atomic E-state index is 0.0173. The highest BCUT2D eigenvalue weighted by molar-refractivity contribution is 7.89. The highest BCUT2D eigenvalue weighted by atomic mass is 32.2. The van der Waals surface area contributed by atoms with Crippen LogP contribution in [-0.2, 0) is 16.6 Å². The lowest BCUT2D eigenvalue weighted by Crippen LogP contribution is -2.31. The van der Waals surface area contributed by atoms with E-state index in [4.69, 9.17) is 0 Å². The zero-order valence-corrected chi connectivity index (χ0v) is 14.1. The summed E-state index contributed by atoms with van der Waals surface area (Å²) in [7, 11) is -1.97. The molecule has 2 N–H and O–H groups in total. The molecule has 0 heterocycles. The highest BCUT2D eigenvalue weighted by Gasteiger charge is 2.21. The Labute approximate surface area is 127 Å². The van der Waals surface area contributed by atoms with E-state index >= 15 is 0 Å². The molecule has 0 aliphatic rings. The third kappa shape index (κ3) is 4.76. The molecule has 1 aromatic carbocycles. The molecule has 0 aliphatic heterocycles. The molecule has 1 unspecified atom stereocenters. The van der Waals surface area contributed by atoms with Gasteiger partial charge >= 0.3 is 0 Å². The lowest BCUT2D eigenvalue weighted by Gasteiger charge is -2.17. The van der Waals surface area contributed by atoms with Crippen LogP contribution in [0.15, 0.2) is 17.0 Å². The number of halogens is 1. The molecule has 4 nitrogen and oxygen atoms in total. The van der Waals surface area contributed by atoms with Crippen LogP contribution >= 0.6 is 0 Å². The molecule has 0 aromatic heterocycles. The molecule has 1 rings (SSSR count). The van der Waals surface area contributed by atoms with Crippen molar-refractivity contribution in [3.05, 3.63) is 29.1 Å². The lowest BCUT2D eigenvalue weighted by atomic mass is 9.99. The Morgan fingerprint density at radius 2 is 1.86 bits per heavy atom. The van der Waals surface area contributed by atoms with Gasteiger partial charge in [-0.1, -0.05) is 20.8 Å². The maximum Gasteiger partial charge on any atom is 0.240 e. The van der Waals surface area contributed by atoms with Crippen molar-refractivity contribution in [3.8, 4) is 0 Å². The van der Waals surface area contributed by atoms with Gasteiger partial charge in [-0.25, -0.2) is 17.5 Å². The van der Waals surface area contributed by atoms with Crippen molar-refractivity contribution in [1.29, 1.82) is 0 Å². The zero-order chi connectivity index (χ0) is 16.2. The summed E-state index contributed by atoms with van der Waals surface area (Å²) in [6.07, 6.45) is 0. The Bertz CT molecular complexity index is 586. The van der Waals surface area contributed by atoms with Gasteiger partial charge in [0.25, 0.3) is 0 Å². The maximum absolute atomic E-state index is 13.9. The van der Waals surface area contributed by atoms with Crippen LogP contribution in [0.1, 0.15) is 31.9 Å². The predicted molar refractivity (Wildman–Crippen MR) is 83.1 cm³/mol. The summed E-state index contributed by atoms with van der Waals surface area (Å²) in [5.41, 5.74) is 0.762. The Hall–Kier alpha value is -0.980. The van der Waals surface area contributed by atoms with Crippen molar-refractivity contribution in [2.75, 3.05) is 13.6 Å². The van der Waals surface area contributed by atoms with E-state index < -0.39 is 15.8 Å². The van der Waals surface area contributed by atoms with Gasteiger partial charge in [-0.15, -0.1) is 0 Å². The Morgan fingerprint density at radius 3 is 2.38 bits per heavy atom. The van der Waals surface area contributed by atoms with Gasteiger partial charge in [0.2, 0.25) is 10.0 Å². The second-order valence-corrected chi connectivity index (χ2v) is 7.54. The molecular formula is C15H25FN2O2S. The number of sulfonamides is 1. The van der Waals surface area contributed by atoms with Gasteiger partial charge in [0.15, 0.2) is 0 Å². The first-order valence-electron chi connectivity index (χ1n) is 7.12. The third-order valence-electron chi connectivity index (χ3n) is 3.76. The van der Waals surface area contributed by atoms with Crippen molar-refractivity contribution in [2.24, 2.45) is 11.8 Å². The van der Waals surface area contributed by atoms with E-state index in [1.807, 2.05) is 20.8 Å². The van der Waals surface area contributed by atoms with Crippen LogP contribution in [0.4, 0.5) is 4.39 Å². The number of hydrogen-bond acceptors (Lipinski definition) is 3. The minimum Gasteiger partial charge on any atom is -0.316 e. The summed E-state index contributed by atoms with van der Waals surface area (Å²) < 4.78 is 41.3. The molecular weight excluding hydrogens is 291 g/mol. The quantitative estimate of drug-likeness (QED) is 0.812. The average Bonchev–Trinajstić information content (AvgIpc) is 2.40. The molecule has 0 radical (unpaired) electrons. The highest BCUT2D eigenvalue weighted by Crippen LogP contribution is 2.21. The van der Waals surface area contributed by atoms with Crippen LogP contribution < -0.4 is 10.0 Å². The van der Waals surface area contributed by atoms with Gasteiger partial charge in [-0.3, -0.25) is 0 Å². The van der Waals surface area contributed by atoms with Gasteiger partial charge in [0.05, 0.1) is 4.90 Å². The maximum atomic E-state index is 13.9. The average molecular weight is 316 g/mol. The molecule has 1 aromatic rings. The molecule has 21 heavy (non-hydrogen) atoms. The number of benzene rings is 1. The van der Waals surface area contributed by atoms with Crippen LogP contribution in [0.3, 0.4) is 0 Å². The lowest BCUT2D eigenvalue weighted by molar-refractivity contribution is 0.414. The van der Waals surface area contributed by atoms with E-state index in [1.54, 1.807) is 7.05 Å². The van der Waals surface area contributed by atoms with E-state index in [-0.39, 0.29) is 16.4 Å². The summed E-state index contributed by atoms with van der Waals surface area (Å²) in [6, 6.07) is 2.89. The smallest absolute Gasteiger partial charge is 0.240 e. The predicted octanol–water partition coefficient (Wildman–Crippen LogP) is 2.42. The number of rotatable bonds is 7. The van der Waals surface area contributed by atoms with Gasteiger partial charge in [0, 0.05) is 18.7 Å². The third-order valence-corrected chi connectivity index (χ3v) is 5.31. The van der Waals surface area contributed by atoms with Gasteiger partial charge in [-0.05, 0) is 43.5 Å². The van der Waals surface area contributed by atoms with Crippen molar-refractivity contribution in [2.45, 2.75) is 39.1 Å².